The predicted molar refractivity (Wildman–Crippen MR) is 64.8 cm³/mol. The van der Waals surface area contributed by atoms with Gasteiger partial charge in [-0.3, -0.25) is 0 Å². The molecule has 0 aromatic carbocycles. The van der Waals surface area contributed by atoms with E-state index in [9.17, 15) is 9.59 Å². The lowest BCUT2D eigenvalue weighted by Crippen LogP contribution is -2.54. The molecule has 0 radical (unpaired) electrons. The van der Waals surface area contributed by atoms with E-state index in [0.717, 1.165) is 0 Å². The zero-order valence-electron chi connectivity index (χ0n) is 11.2. The summed E-state index contributed by atoms with van der Waals surface area (Å²) >= 11 is 0. The normalized spacial score (nSPS) is 24.9. The number of amides is 2. The second kappa shape index (κ2) is 4.55. The molecule has 2 unspecified atom stereocenters. The average Bonchev–Trinajstić information content (AvgIpc) is 2.56. The third-order valence-electron chi connectivity index (χ3n) is 3.91. The highest BCUT2D eigenvalue weighted by Gasteiger charge is 2.39. The zero-order valence-corrected chi connectivity index (χ0v) is 11.2. The third kappa shape index (κ3) is 2.53. The minimum atomic E-state index is -1.17. The van der Waals surface area contributed by atoms with Gasteiger partial charge < -0.3 is 14.9 Å². The van der Waals surface area contributed by atoms with E-state index < -0.39 is 11.5 Å². The van der Waals surface area contributed by atoms with E-state index in [1.165, 1.54) is 18.7 Å². The van der Waals surface area contributed by atoms with Crippen LogP contribution in [-0.2, 0) is 4.79 Å². The molecule has 1 N–H and O–H groups in total. The predicted octanol–water partition coefficient (Wildman–Crippen LogP) is 1.49. The second-order valence-electron chi connectivity index (χ2n) is 5.57. The van der Waals surface area contributed by atoms with Gasteiger partial charge in [-0.25, -0.2) is 9.59 Å². The van der Waals surface area contributed by atoms with Crippen LogP contribution in [0.3, 0.4) is 0 Å². The molecule has 1 saturated heterocycles. The number of carboxylic acid groups (broad SMARTS) is 1. The monoisotopic (exact) mass is 242 g/mol. The lowest BCUT2D eigenvalue weighted by atomic mass is 10.0. The molecule has 0 bridgehead atoms. The Morgan fingerprint density at radius 1 is 1.24 bits per heavy atom. The van der Waals surface area contributed by atoms with Crippen LogP contribution in [0, 0.1) is 11.8 Å². The van der Waals surface area contributed by atoms with Crippen LogP contribution in [0.5, 0.6) is 0 Å². The number of aliphatic carboxylic acids is 1. The smallest absolute Gasteiger partial charge is 0.329 e. The van der Waals surface area contributed by atoms with Gasteiger partial charge in [0.2, 0.25) is 0 Å². The van der Waals surface area contributed by atoms with Gasteiger partial charge in [-0.1, -0.05) is 13.8 Å². The highest BCUT2D eigenvalue weighted by molar-refractivity contribution is 5.85. The Labute approximate surface area is 102 Å². The van der Waals surface area contributed by atoms with Gasteiger partial charge in [0.05, 0.1) is 0 Å². The maximum Gasteiger partial charge on any atom is 0.329 e. The van der Waals surface area contributed by atoms with E-state index in [-0.39, 0.29) is 6.03 Å². The fourth-order valence-electron chi connectivity index (χ4n) is 1.88. The molecule has 1 rings (SSSR count). The van der Waals surface area contributed by atoms with Crippen molar-refractivity contribution in [2.45, 2.75) is 33.2 Å². The van der Waals surface area contributed by atoms with E-state index in [1.807, 2.05) is 0 Å². The number of rotatable bonds is 2. The fourth-order valence-corrected chi connectivity index (χ4v) is 1.88. The maximum atomic E-state index is 12.2. The number of likely N-dealkylation sites (N-methyl/N-ethyl adjacent to an activating group) is 1. The fraction of sp³-hybridized carbons (Fsp3) is 0.833. The number of carboxylic acids is 1. The highest BCUT2D eigenvalue weighted by atomic mass is 16.4. The summed E-state index contributed by atoms with van der Waals surface area (Å²) in [5.74, 6) is -0.0470. The topological polar surface area (TPSA) is 60.9 Å². The van der Waals surface area contributed by atoms with Crippen LogP contribution < -0.4 is 0 Å². The molecule has 0 aromatic rings. The van der Waals surface area contributed by atoms with E-state index >= 15 is 0 Å². The maximum absolute atomic E-state index is 12.2. The van der Waals surface area contributed by atoms with E-state index in [2.05, 4.69) is 13.8 Å². The molecule has 1 heterocycles. The van der Waals surface area contributed by atoms with Crippen molar-refractivity contribution in [2.75, 3.05) is 20.1 Å². The minimum Gasteiger partial charge on any atom is -0.480 e. The molecule has 0 saturated carbocycles. The van der Waals surface area contributed by atoms with Gasteiger partial charge in [0.25, 0.3) is 0 Å². The number of hydrogen-bond acceptors (Lipinski definition) is 2. The number of likely N-dealkylation sites (tertiary alicyclic amines) is 1. The van der Waals surface area contributed by atoms with Gasteiger partial charge in [-0.2, -0.15) is 0 Å². The summed E-state index contributed by atoms with van der Waals surface area (Å²) in [4.78, 5) is 26.3. The Morgan fingerprint density at radius 2 is 1.65 bits per heavy atom. The van der Waals surface area contributed by atoms with Crippen LogP contribution >= 0.6 is 0 Å². The summed E-state index contributed by atoms with van der Waals surface area (Å²) in [5, 5.41) is 9.09. The van der Waals surface area contributed by atoms with Gasteiger partial charge in [0.15, 0.2) is 0 Å². The summed E-state index contributed by atoms with van der Waals surface area (Å²) in [7, 11) is 1.55. The minimum absolute atomic E-state index is 0.200. The molecule has 2 amide bonds. The van der Waals surface area contributed by atoms with Crippen molar-refractivity contribution in [2.24, 2.45) is 11.8 Å². The number of carbonyl (C=O) groups excluding carboxylic acids is 1. The Hall–Kier alpha value is -1.26. The lowest BCUT2D eigenvalue weighted by molar-refractivity contribution is -0.147. The van der Waals surface area contributed by atoms with Gasteiger partial charge in [0, 0.05) is 20.1 Å². The summed E-state index contributed by atoms with van der Waals surface area (Å²) in [5.41, 5.74) is -1.17. The molecule has 2 atom stereocenters. The molecule has 5 nitrogen and oxygen atoms in total. The molecule has 5 heteroatoms. The van der Waals surface area contributed by atoms with E-state index in [0.29, 0.717) is 24.9 Å². The molecule has 0 aliphatic carbocycles. The van der Waals surface area contributed by atoms with Crippen molar-refractivity contribution in [1.29, 1.82) is 0 Å². The molecule has 17 heavy (non-hydrogen) atoms. The molecule has 0 aromatic heterocycles. The number of urea groups is 1. The molecular formula is C12H22N2O3. The van der Waals surface area contributed by atoms with Crippen LogP contribution in [0.15, 0.2) is 0 Å². The summed E-state index contributed by atoms with van der Waals surface area (Å²) in [6.07, 6.45) is 0. The van der Waals surface area contributed by atoms with Crippen molar-refractivity contribution in [3.05, 3.63) is 0 Å². The van der Waals surface area contributed by atoms with Crippen LogP contribution in [0.25, 0.3) is 0 Å². The van der Waals surface area contributed by atoms with Crippen LogP contribution in [0.2, 0.25) is 0 Å². The number of hydrogen-bond donors (Lipinski definition) is 1. The van der Waals surface area contributed by atoms with E-state index in [4.69, 9.17) is 5.11 Å². The molecule has 98 valence electrons. The van der Waals surface area contributed by atoms with Crippen molar-refractivity contribution < 1.29 is 14.7 Å². The molecular weight excluding hydrogens is 220 g/mol. The van der Waals surface area contributed by atoms with Crippen molar-refractivity contribution in [3.8, 4) is 0 Å². The number of carbonyl (C=O) groups is 2. The number of nitrogens with zero attached hydrogens (tertiary/aromatic N) is 2. The Morgan fingerprint density at radius 3 is 2.00 bits per heavy atom. The summed E-state index contributed by atoms with van der Waals surface area (Å²) < 4.78 is 0. The zero-order chi connectivity index (χ0) is 13.4. The van der Waals surface area contributed by atoms with Crippen LogP contribution in [-0.4, -0.2) is 52.6 Å². The Kier molecular flexibility index (Phi) is 3.69. The molecule has 0 spiro atoms. The molecule has 1 fully saturated rings. The largest absolute Gasteiger partial charge is 0.480 e. The summed E-state index contributed by atoms with van der Waals surface area (Å²) in [6, 6.07) is -0.200. The van der Waals surface area contributed by atoms with E-state index in [1.54, 1.807) is 11.9 Å². The Balaban J connectivity index is 2.75. The van der Waals surface area contributed by atoms with Crippen LogP contribution in [0.4, 0.5) is 4.79 Å². The average molecular weight is 242 g/mol. The van der Waals surface area contributed by atoms with Crippen molar-refractivity contribution in [1.82, 2.24) is 9.80 Å². The quantitative estimate of drug-likeness (QED) is 0.798. The van der Waals surface area contributed by atoms with Crippen molar-refractivity contribution >= 4 is 12.0 Å². The first-order valence-electron chi connectivity index (χ1n) is 5.94. The summed E-state index contributed by atoms with van der Waals surface area (Å²) in [6.45, 7) is 8.72. The van der Waals surface area contributed by atoms with Gasteiger partial charge >= 0.3 is 12.0 Å². The lowest BCUT2D eigenvalue weighted by Gasteiger charge is -2.34. The van der Waals surface area contributed by atoms with Crippen LogP contribution in [0.1, 0.15) is 27.7 Å². The van der Waals surface area contributed by atoms with Gasteiger partial charge in [0.1, 0.15) is 5.54 Å². The SMILES string of the molecule is CC1CN(C(=O)N(C)C(C)(C)C(=O)O)CC1C. The Bertz CT molecular complexity index is 318. The molecule has 1 aliphatic rings. The second-order valence-corrected chi connectivity index (χ2v) is 5.57. The first-order chi connectivity index (χ1) is 7.67. The van der Waals surface area contributed by atoms with Gasteiger partial charge in [-0.15, -0.1) is 0 Å². The third-order valence-corrected chi connectivity index (χ3v) is 3.91. The van der Waals surface area contributed by atoms with Crippen molar-refractivity contribution in [3.63, 3.8) is 0 Å². The molecule has 1 aliphatic heterocycles. The highest BCUT2D eigenvalue weighted by Crippen LogP contribution is 2.24. The first kappa shape index (κ1) is 13.8. The first-order valence-corrected chi connectivity index (χ1v) is 5.94. The standard InChI is InChI=1S/C12H22N2O3/c1-8-6-14(7-9(8)2)11(17)13(5)12(3,4)10(15)16/h8-9H,6-7H2,1-5H3,(H,15,16). The van der Waals surface area contributed by atoms with Gasteiger partial charge in [-0.05, 0) is 25.7 Å².